The van der Waals surface area contributed by atoms with Gasteiger partial charge in [-0.05, 0) is 25.5 Å². The Bertz CT molecular complexity index is 980. The van der Waals surface area contributed by atoms with Gasteiger partial charge in [0.25, 0.3) is 5.56 Å². The van der Waals surface area contributed by atoms with Gasteiger partial charge in [-0.2, -0.15) is 16.9 Å². The maximum Gasteiger partial charge on any atom is 0.251 e. The van der Waals surface area contributed by atoms with E-state index < -0.39 is 0 Å². The zero-order chi connectivity index (χ0) is 20.7. The van der Waals surface area contributed by atoms with Crippen LogP contribution in [-0.2, 0) is 11.3 Å². The van der Waals surface area contributed by atoms with E-state index >= 15 is 0 Å². The summed E-state index contributed by atoms with van der Waals surface area (Å²) >= 11 is 1.90. The Hall–Kier alpha value is -2.06. The predicted octanol–water partition coefficient (Wildman–Crippen LogP) is 1.59. The van der Waals surface area contributed by atoms with Crippen molar-refractivity contribution in [3.63, 3.8) is 0 Å². The summed E-state index contributed by atoms with van der Waals surface area (Å²) in [5.74, 6) is 2.59. The Labute approximate surface area is 181 Å². The molecule has 0 N–H and O–H groups in total. The van der Waals surface area contributed by atoms with Gasteiger partial charge in [-0.3, -0.25) is 18.8 Å². The van der Waals surface area contributed by atoms with Crippen LogP contribution < -0.4 is 5.56 Å². The highest BCUT2D eigenvalue weighted by Gasteiger charge is 2.44. The first-order valence-electron chi connectivity index (χ1n) is 10.9. The van der Waals surface area contributed by atoms with Gasteiger partial charge in [-0.15, -0.1) is 0 Å². The van der Waals surface area contributed by atoms with Crippen molar-refractivity contribution in [2.45, 2.75) is 31.8 Å². The second kappa shape index (κ2) is 8.23. The number of amides is 1. The summed E-state index contributed by atoms with van der Waals surface area (Å²) in [6, 6.07) is 7.16. The van der Waals surface area contributed by atoms with Gasteiger partial charge < -0.3 is 9.80 Å². The maximum atomic E-state index is 13.6. The summed E-state index contributed by atoms with van der Waals surface area (Å²) in [6.07, 6.45) is 3.01. The second-order valence-electron chi connectivity index (χ2n) is 8.71. The minimum atomic E-state index is -0.372. The summed E-state index contributed by atoms with van der Waals surface area (Å²) in [5.41, 5.74) is 2.03. The molecular weight excluding hydrogens is 398 g/mol. The monoisotopic (exact) mass is 427 g/mol. The molecule has 3 aliphatic rings. The molecule has 2 saturated heterocycles. The lowest BCUT2D eigenvalue weighted by atomic mass is 9.78. The minimum Gasteiger partial charge on any atom is -0.339 e. The third-order valence-electron chi connectivity index (χ3n) is 6.72. The summed E-state index contributed by atoms with van der Waals surface area (Å²) in [7, 11) is 0. The Kier molecular flexibility index (Phi) is 5.45. The van der Waals surface area contributed by atoms with Gasteiger partial charge in [0.05, 0.1) is 12.2 Å². The molecule has 5 rings (SSSR count). The number of aromatic nitrogens is 3. The molecule has 2 bridgehead atoms. The van der Waals surface area contributed by atoms with Gasteiger partial charge >= 0.3 is 0 Å². The number of thioether (sulfide) groups is 1. The molecule has 0 aliphatic carbocycles. The standard InChI is InChI=1S/C22H29N5O2S/c1-16-5-6-26(23-16)8-7-24-14-17-13-18(15-24)21(22(29)25-9-11-30-12-10-25)27-19(17)3-2-4-20(27)28/h2-6,17-18,21H,7-15H2,1H3/t17-,18+,21-/m1/s1. The van der Waals surface area contributed by atoms with E-state index in [9.17, 15) is 9.59 Å². The first kappa shape index (κ1) is 19.9. The Morgan fingerprint density at radius 3 is 2.77 bits per heavy atom. The number of fused-ring (bicyclic) bond motifs is 4. The zero-order valence-corrected chi connectivity index (χ0v) is 18.3. The molecule has 2 aromatic rings. The quantitative estimate of drug-likeness (QED) is 0.742. The lowest BCUT2D eigenvalue weighted by Gasteiger charge is -2.47. The lowest BCUT2D eigenvalue weighted by Crippen LogP contribution is -2.55. The van der Waals surface area contributed by atoms with E-state index in [0.717, 1.165) is 68.6 Å². The van der Waals surface area contributed by atoms with Crippen LogP contribution in [0.4, 0.5) is 0 Å². The van der Waals surface area contributed by atoms with Crippen molar-refractivity contribution in [3.05, 3.63) is 52.2 Å². The van der Waals surface area contributed by atoms with Crippen molar-refractivity contribution in [1.29, 1.82) is 0 Å². The van der Waals surface area contributed by atoms with Crippen LogP contribution in [0.15, 0.2) is 35.3 Å². The predicted molar refractivity (Wildman–Crippen MR) is 118 cm³/mol. The van der Waals surface area contributed by atoms with Crippen LogP contribution in [0.2, 0.25) is 0 Å². The van der Waals surface area contributed by atoms with Crippen LogP contribution in [0.1, 0.15) is 29.8 Å². The molecule has 8 heteroatoms. The van der Waals surface area contributed by atoms with Crippen LogP contribution in [0.25, 0.3) is 0 Å². The number of pyridine rings is 1. The smallest absolute Gasteiger partial charge is 0.251 e. The first-order valence-corrected chi connectivity index (χ1v) is 12.1. The molecule has 0 aromatic carbocycles. The molecule has 30 heavy (non-hydrogen) atoms. The molecule has 7 nitrogen and oxygen atoms in total. The normalized spacial score (nSPS) is 26.4. The third kappa shape index (κ3) is 3.71. The highest BCUT2D eigenvalue weighted by Crippen LogP contribution is 2.41. The summed E-state index contributed by atoms with van der Waals surface area (Å²) in [6.45, 7) is 7.12. The van der Waals surface area contributed by atoms with Gasteiger partial charge in [0.2, 0.25) is 5.91 Å². The van der Waals surface area contributed by atoms with Crippen LogP contribution in [-0.4, -0.2) is 74.3 Å². The number of aryl methyl sites for hydroxylation is 1. The molecule has 0 spiro atoms. The number of piperidine rings is 1. The zero-order valence-electron chi connectivity index (χ0n) is 17.4. The summed E-state index contributed by atoms with van der Waals surface area (Å²) in [5, 5.41) is 4.50. The van der Waals surface area contributed by atoms with Crippen molar-refractivity contribution in [1.82, 2.24) is 24.1 Å². The van der Waals surface area contributed by atoms with Gasteiger partial charge in [0, 0.05) is 74.0 Å². The fourth-order valence-electron chi connectivity index (χ4n) is 5.33. The molecule has 160 valence electrons. The molecule has 3 atom stereocenters. The molecule has 1 amide bonds. The van der Waals surface area contributed by atoms with E-state index in [4.69, 9.17) is 0 Å². The molecule has 2 aromatic heterocycles. The van der Waals surface area contributed by atoms with Gasteiger partial charge in [-0.1, -0.05) is 6.07 Å². The Morgan fingerprint density at radius 2 is 2.00 bits per heavy atom. The lowest BCUT2D eigenvalue weighted by molar-refractivity contribution is -0.138. The van der Waals surface area contributed by atoms with Gasteiger partial charge in [-0.25, -0.2) is 0 Å². The number of nitrogens with zero attached hydrogens (tertiary/aromatic N) is 5. The number of likely N-dealkylation sites (tertiary alicyclic amines) is 1. The number of hydrogen-bond acceptors (Lipinski definition) is 5. The van der Waals surface area contributed by atoms with Gasteiger partial charge in [0.15, 0.2) is 0 Å². The molecular formula is C22H29N5O2S. The molecule has 3 aliphatic heterocycles. The van der Waals surface area contributed by atoms with Crippen molar-refractivity contribution in [3.8, 4) is 0 Å². The summed E-state index contributed by atoms with van der Waals surface area (Å²) in [4.78, 5) is 30.9. The van der Waals surface area contributed by atoms with Crippen molar-refractivity contribution >= 4 is 17.7 Å². The molecule has 2 fully saturated rings. The first-order chi connectivity index (χ1) is 14.6. The highest BCUT2D eigenvalue weighted by atomic mass is 32.2. The van der Waals surface area contributed by atoms with E-state index in [1.54, 1.807) is 6.07 Å². The molecule has 0 unspecified atom stereocenters. The van der Waals surface area contributed by atoms with E-state index in [2.05, 4.69) is 16.1 Å². The topological polar surface area (TPSA) is 63.4 Å². The minimum absolute atomic E-state index is 0.0348. The van der Waals surface area contributed by atoms with E-state index in [1.165, 1.54) is 0 Å². The molecule has 0 radical (unpaired) electrons. The van der Waals surface area contributed by atoms with E-state index in [1.807, 2.05) is 51.2 Å². The summed E-state index contributed by atoms with van der Waals surface area (Å²) < 4.78 is 3.82. The average Bonchev–Trinajstić information content (AvgIpc) is 3.18. The number of hydrogen-bond donors (Lipinski definition) is 0. The van der Waals surface area contributed by atoms with Crippen molar-refractivity contribution < 1.29 is 4.79 Å². The van der Waals surface area contributed by atoms with Crippen molar-refractivity contribution in [2.75, 3.05) is 44.2 Å². The van der Waals surface area contributed by atoms with Crippen LogP contribution in [0.5, 0.6) is 0 Å². The largest absolute Gasteiger partial charge is 0.339 e. The Balaban J connectivity index is 1.41. The van der Waals surface area contributed by atoms with E-state index in [0.29, 0.717) is 5.92 Å². The highest BCUT2D eigenvalue weighted by molar-refractivity contribution is 7.99. The molecule has 0 saturated carbocycles. The van der Waals surface area contributed by atoms with Crippen LogP contribution in [0, 0.1) is 12.8 Å². The number of carbonyl (C=O) groups is 1. The van der Waals surface area contributed by atoms with Gasteiger partial charge in [0.1, 0.15) is 6.04 Å². The van der Waals surface area contributed by atoms with Crippen molar-refractivity contribution in [2.24, 2.45) is 5.92 Å². The average molecular weight is 428 g/mol. The SMILES string of the molecule is Cc1ccn(CCN2C[C@H]3C[C@@H](C2)[C@H](C(=O)N2CCSCC2)n2c3cccc2=O)n1. The number of carbonyl (C=O) groups excluding carboxylic acids is 1. The fraction of sp³-hybridized carbons (Fsp3) is 0.591. The maximum absolute atomic E-state index is 13.6. The number of rotatable bonds is 4. The fourth-order valence-corrected chi connectivity index (χ4v) is 6.23. The van der Waals surface area contributed by atoms with Crippen LogP contribution in [0.3, 0.4) is 0 Å². The molecule has 5 heterocycles. The third-order valence-corrected chi connectivity index (χ3v) is 7.66. The van der Waals surface area contributed by atoms with E-state index in [-0.39, 0.29) is 23.4 Å². The Morgan fingerprint density at radius 1 is 1.17 bits per heavy atom. The second-order valence-corrected chi connectivity index (χ2v) is 9.94. The van der Waals surface area contributed by atoms with Crippen LogP contribution >= 0.6 is 11.8 Å².